The maximum absolute atomic E-state index is 12.4. The van der Waals surface area contributed by atoms with E-state index in [1.807, 2.05) is 0 Å². The highest BCUT2D eigenvalue weighted by atomic mass is 31.3. The van der Waals surface area contributed by atoms with Gasteiger partial charge in [-0.25, -0.2) is 18.5 Å². The van der Waals surface area contributed by atoms with Crippen LogP contribution < -0.4 is 11.4 Å². The summed E-state index contributed by atoms with van der Waals surface area (Å²) in [6, 6.07) is 1.17. The molecule has 1 aliphatic heterocycles. The Balaban J connectivity index is 2.45. The van der Waals surface area contributed by atoms with Crippen LogP contribution >= 0.6 is 23.5 Å². The lowest BCUT2D eigenvalue weighted by atomic mass is 9.94. The van der Waals surface area contributed by atoms with Crippen LogP contribution in [0.5, 0.6) is 0 Å². The number of aryl methyl sites for hydroxylation is 1. The zero-order valence-electron chi connectivity index (χ0n) is 18.6. The third kappa shape index (κ3) is 6.78. The van der Waals surface area contributed by atoms with Gasteiger partial charge < -0.3 is 40.3 Å². The molecule has 0 amide bonds. The van der Waals surface area contributed by atoms with E-state index in [-0.39, 0.29) is 11.5 Å². The molecule has 17 nitrogen and oxygen atoms in total. The van der Waals surface area contributed by atoms with Crippen LogP contribution in [0.25, 0.3) is 0 Å². The molecule has 0 aromatic carbocycles. The van der Waals surface area contributed by atoms with Gasteiger partial charge >= 0.3 is 29.2 Å². The standard InChI is InChI=1S/C13H20N3O14P3/c1-3-4-13(19)10(17)8(28-11(13)16-7(2)5-9(14)15-12(16)18)6-27-32(23,24)30-33(25,26)29-31(20,21)22/h5,8,10-11,17,19H,6H2,1-2H3,(H,23,24)(H,25,26)(H2,14,15,18)(H2,20,21,22)/t8-,10+,11-,13?/m1/s1/i6D2. The summed E-state index contributed by atoms with van der Waals surface area (Å²) in [5.41, 5.74) is 1.65. The topological polar surface area (TPSA) is 270 Å². The van der Waals surface area contributed by atoms with E-state index >= 15 is 0 Å². The van der Waals surface area contributed by atoms with Crippen LogP contribution in [0.2, 0.25) is 0 Å². The van der Waals surface area contributed by atoms with E-state index in [1.165, 1.54) is 19.9 Å². The number of ether oxygens (including phenoxy) is 1. The maximum atomic E-state index is 12.4. The first-order chi connectivity index (χ1) is 15.6. The molecule has 0 aliphatic carbocycles. The number of nitrogens with zero attached hydrogens (tertiary/aromatic N) is 2. The molecule has 20 heteroatoms. The average Bonchev–Trinajstić information content (AvgIpc) is 2.83. The SMILES string of the molecule is [2H]C([2H])(OP(=O)(O)OP(=O)(O)OP(=O)(O)O)[C@H]1O[C@@H](n2c(C)cc(N)nc2=O)C(O)(C#CC)[C@H]1O. The van der Waals surface area contributed by atoms with Crippen molar-refractivity contribution in [1.29, 1.82) is 0 Å². The molecule has 186 valence electrons. The van der Waals surface area contributed by atoms with Gasteiger partial charge in [0.25, 0.3) is 0 Å². The van der Waals surface area contributed by atoms with E-state index in [4.69, 9.17) is 23.0 Å². The molecule has 2 heterocycles. The fourth-order valence-electron chi connectivity index (χ4n) is 2.71. The zero-order chi connectivity index (χ0) is 27.2. The minimum Gasteiger partial charge on any atom is -0.386 e. The third-order valence-electron chi connectivity index (χ3n) is 3.82. The van der Waals surface area contributed by atoms with E-state index in [0.29, 0.717) is 4.57 Å². The van der Waals surface area contributed by atoms with Crippen molar-refractivity contribution in [2.75, 3.05) is 12.3 Å². The number of anilines is 1. The average molecular weight is 537 g/mol. The first-order valence-electron chi connectivity index (χ1n) is 9.34. The monoisotopic (exact) mass is 537 g/mol. The van der Waals surface area contributed by atoms with Crippen LogP contribution in [0.15, 0.2) is 10.9 Å². The van der Waals surface area contributed by atoms with Gasteiger partial charge in [0.1, 0.15) is 18.0 Å². The molecule has 6 atom stereocenters. The number of nitrogen functional groups attached to an aromatic ring is 1. The van der Waals surface area contributed by atoms with E-state index in [0.717, 1.165) is 0 Å². The number of hydrogen-bond donors (Lipinski definition) is 7. The van der Waals surface area contributed by atoms with Gasteiger partial charge in [-0.3, -0.25) is 9.09 Å². The van der Waals surface area contributed by atoms with Gasteiger partial charge in [-0.05, 0) is 19.9 Å². The van der Waals surface area contributed by atoms with Crippen molar-refractivity contribution >= 4 is 29.3 Å². The van der Waals surface area contributed by atoms with Crippen molar-refractivity contribution in [3.63, 3.8) is 0 Å². The second-order valence-electron chi connectivity index (χ2n) is 6.33. The number of phosphoric acid groups is 3. The van der Waals surface area contributed by atoms with Crippen molar-refractivity contribution in [2.24, 2.45) is 0 Å². The van der Waals surface area contributed by atoms with Crippen molar-refractivity contribution in [3.05, 3.63) is 22.2 Å². The summed E-state index contributed by atoms with van der Waals surface area (Å²) in [4.78, 5) is 51.8. The molecule has 1 fully saturated rings. The zero-order valence-corrected chi connectivity index (χ0v) is 19.3. The summed E-state index contributed by atoms with van der Waals surface area (Å²) >= 11 is 0. The Kier molecular flexibility index (Phi) is 7.21. The van der Waals surface area contributed by atoms with Crippen molar-refractivity contribution in [2.45, 2.75) is 37.9 Å². The Bertz CT molecular complexity index is 1260. The molecule has 1 aromatic rings. The summed E-state index contributed by atoms with van der Waals surface area (Å²) < 4.78 is 67.1. The predicted octanol–water partition coefficient (Wildman–Crippen LogP) is -1.51. The Morgan fingerprint density at radius 1 is 1.30 bits per heavy atom. The van der Waals surface area contributed by atoms with Gasteiger partial charge in [-0.2, -0.15) is 13.6 Å². The van der Waals surface area contributed by atoms with E-state index in [9.17, 15) is 38.5 Å². The smallest absolute Gasteiger partial charge is 0.386 e. The molecule has 0 radical (unpaired) electrons. The lowest BCUT2D eigenvalue weighted by molar-refractivity contribution is -0.0770. The number of aromatic nitrogens is 2. The summed E-state index contributed by atoms with van der Waals surface area (Å²) in [5, 5.41) is 21.6. The van der Waals surface area contributed by atoms with Crippen molar-refractivity contribution in [3.8, 4) is 11.8 Å². The van der Waals surface area contributed by atoms with Crippen LogP contribution in [0.1, 0.15) is 21.6 Å². The van der Waals surface area contributed by atoms with Crippen LogP contribution in [0.4, 0.5) is 5.82 Å². The van der Waals surface area contributed by atoms with E-state index in [2.05, 4.69) is 30.0 Å². The molecule has 0 saturated carbocycles. The molecule has 3 unspecified atom stereocenters. The second kappa shape index (κ2) is 9.65. The first kappa shape index (κ1) is 24.6. The number of aliphatic hydroxyl groups excluding tert-OH is 1. The van der Waals surface area contributed by atoms with Gasteiger partial charge in [0.15, 0.2) is 11.8 Å². The lowest BCUT2D eigenvalue weighted by Gasteiger charge is -2.27. The summed E-state index contributed by atoms with van der Waals surface area (Å²) in [6.07, 6.45) is -6.80. The van der Waals surface area contributed by atoms with Crippen LogP contribution in [-0.4, -0.2) is 63.7 Å². The fraction of sp³-hybridized carbons (Fsp3) is 0.538. The Labute approximate surface area is 188 Å². The van der Waals surface area contributed by atoms with E-state index in [1.54, 1.807) is 0 Å². The van der Waals surface area contributed by atoms with Gasteiger partial charge in [0.05, 0.1) is 9.30 Å². The molecular weight excluding hydrogens is 515 g/mol. The molecule has 2 rings (SSSR count). The number of phosphoric ester groups is 1. The van der Waals surface area contributed by atoms with Gasteiger partial charge in [-0.1, -0.05) is 5.92 Å². The lowest BCUT2D eigenvalue weighted by Crippen LogP contribution is -2.48. The largest absolute Gasteiger partial charge is 0.490 e. The van der Waals surface area contributed by atoms with Gasteiger partial charge in [0.2, 0.25) is 0 Å². The fourth-order valence-corrected chi connectivity index (χ4v) is 5.59. The Morgan fingerprint density at radius 2 is 1.91 bits per heavy atom. The Morgan fingerprint density at radius 3 is 2.42 bits per heavy atom. The van der Waals surface area contributed by atoms with Crippen LogP contribution in [0.3, 0.4) is 0 Å². The van der Waals surface area contributed by atoms with Crippen LogP contribution in [-0.2, 0) is 31.6 Å². The molecular formula is C13H20N3O14P3. The normalized spacial score (nSPS) is 30.4. The van der Waals surface area contributed by atoms with Gasteiger partial charge in [0, 0.05) is 5.69 Å². The number of aliphatic hydroxyl groups is 2. The van der Waals surface area contributed by atoms with Crippen molar-refractivity contribution < 1.29 is 64.1 Å². The maximum Gasteiger partial charge on any atom is 0.490 e. The molecule has 8 N–H and O–H groups in total. The highest BCUT2D eigenvalue weighted by Gasteiger charge is 2.57. The quantitative estimate of drug-likeness (QED) is 0.147. The van der Waals surface area contributed by atoms with Crippen molar-refractivity contribution in [1.82, 2.24) is 9.55 Å². The molecule has 33 heavy (non-hydrogen) atoms. The molecule has 0 spiro atoms. The van der Waals surface area contributed by atoms with E-state index < -0.39 is 59.8 Å². The predicted molar refractivity (Wildman–Crippen MR) is 106 cm³/mol. The third-order valence-corrected chi connectivity index (χ3v) is 7.48. The molecule has 1 saturated heterocycles. The molecule has 1 aromatic heterocycles. The number of hydrogen-bond acceptors (Lipinski definition) is 12. The first-order valence-corrected chi connectivity index (χ1v) is 12.9. The molecule has 0 bridgehead atoms. The molecule has 1 aliphatic rings. The number of rotatable bonds is 8. The summed E-state index contributed by atoms with van der Waals surface area (Å²) in [5.74, 6) is 4.19. The summed E-state index contributed by atoms with van der Waals surface area (Å²) in [7, 11) is -17.7. The second-order valence-corrected chi connectivity index (χ2v) is 10.7. The van der Waals surface area contributed by atoms with Gasteiger partial charge in [-0.15, -0.1) is 5.92 Å². The minimum absolute atomic E-state index is 0.0186. The highest BCUT2D eigenvalue weighted by Crippen LogP contribution is 2.66. The minimum atomic E-state index is -6.04. The Hall–Kier alpha value is -1.47. The highest BCUT2D eigenvalue weighted by molar-refractivity contribution is 7.66. The summed E-state index contributed by atoms with van der Waals surface area (Å²) in [6.45, 7) is -1.11. The number of nitrogens with two attached hydrogens (primary N) is 1. The van der Waals surface area contributed by atoms with Crippen LogP contribution in [0, 0.1) is 18.8 Å².